The highest BCUT2D eigenvalue weighted by atomic mass is 79.9. The molecule has 0 atom stereocenters. The summed E-state index contributed by atoms with van der Waals surface area (Å²) in [5, 5.41) is 5.67. The van der Waals surface area contributed by atoms with Gasteiger partial charge in [0.15, 0.2) is 5.96 Å². The minimum atomic E-state index is 0.368. The Labute approximate surface area is 157 Å². The highest BCUT2D eigenvalue weighted by Gasteiger charge is 2.15. The minimum Gasteiger partial charge on any atom is -0.369 e. The normalized spacial score (nSPS) is 13.5. The lowest BCUT2D eigenvalue weighted by Crippen LogP contribution is -2.22. The summed E-state index contributed by atoms with van der Waals surface area (Å²) in [6.45, 7) is 0. The zero-order valence-corrected chi connectivity index (χ0v) is 16.0. The second-order valence-electron chi connectivity index (χ2n) is 5.83. The van der Waals surface area contributed by atoms with E-state index in [4.69, 9.17) is 5.73 Å². The molecule has 0 amide bonds. The van der Waals surface area contributed by atoms with E-state index in [2.05, 4.69) is 72.5 Å². The van der Waals surface area contributed by atoms with Gasteiger partial charge in [-0.1, -0.05) is 40.2 Å². The van der Waals surface area contributed by atoms with Crippen molar-refractivity contribution < 1.29 is 0 Å². The molecule has 0 spiro atoms. The van der Waals surface area contributed by atoms with Gasteiger partial charge in [0.2, 0.25) is 0 Å². The van der Waals surface area contributed by atoms with Crippen LogP contribution >= 0.6 is 31.9 Å². The van der Waals surface area contributed by atoms with Crippen molar-refractivity contribution >= 4 is 60.0 Å². The Kier molecular flexibility index (Phi) is 4.06. The molecule has 0 radical (unpaired) electrons. The number of nitrogens with one attached hydrogen (secondary N) is 1. The molecule has 1 aliphatic carbocycles. The third-order valence-electron chi connectivity index (χ3n) is 4.29. The standard InChI is InChI=1S/C19H15Br2N3/c20-13-7-8-15(21)17(10-13)24-19(22)23-16-9-6-12-5-4-11-2-1-3-14(16)18(11)12/h1-3,6-10H,4-5H2,(H3,22,23,24). The number of nitrogens with two attached hydrogens (primary N) is 1. The summed E-state index contributed by atoms with van der Waals surface area (Å²) in [6.07, 6.45) is 2.22. The molecule has 3 aromatic carbocycles. The summed E-state index contributed by atoms with van der Waals surface area (Å²) < 4.78 is 1.91. The molecule has 0 bridgehead atoms. The Bertz CT molecular complexity index is 970. The smallest absolute Gasteiger partial charge is 0.198 e. The predicted molar refractivity (Wildman–Crippen MR) is 108 cm³/mol. The topological polar surface area (TPSA) is 50.4 Å². The van der Waals surface area contributed by atoms with Crippen LogP contribution in [0.2, 0.25) is 0 Å². The molecule has 0 unspecified atom stereocenters. The first-order chi connectivity index (χ1) is 11.6. The molecule has 120 valence electrons. The van der Waals surface area contributed by atoms with Crippen LogP contribution in [0.4, 0.5) is 11.4 Å². The van der Waals surface area contributed by atoms with Crippen molar-refractivity contribution in [2.45, 2.75) is 12.8 Å². The molecule has 0 saturated heterocycles. The molecule has 0 saturated carbocycles. The largest absolute Gasteiger partial charge is 0.369 e. The van der Waals surface area contributed by atoms with Gasteiger partial charge in [-0.25, -0.2) is 4.99 Å². The Morgan fingerprint density at radius 2 is 1.79 bits per heavy atom. The lowest BCUT2D eigenvalue weighted by molar-refractivity contribution is 1.02. The van der Waals surface area contributed by atoms with Crippen LogP contribution in [0, 0.1) is 0 Å². The van der Waals surface area contributed by atoms with Crippen LogP contribution in [0.3, 0.4) is 0 Å². The summed E-state index contributed by atoms with van der Waals surface area (Å²) in [5.41, 5.74) is 10.7. The van der Waals surface area contributed by atoms with Crippen LogP contribution in [-0.4, -0.2) is 5.96 Å². The van der Waals surface area contributed by atoms with Gasteiger partial charge < -0.3 is 11.1 Å². The van der Waals surface area contributed by atoms with Gasteiger partial charge in [-0.3, -0.25) is 0 Å². The fourth-order valence-corrected chi connectivity index (χ4v) is 3.92. The van der Waals surface area contributed by atoms with Gasteiger partial charge in [-0.2, -0.15) is 0 Å². The minimum absolute atomic E-state index is 0.368. The molecule has 4 rings (SSSR count). The number of hydrogen-bond acceptors (Lipinski definition) is 1. The molecule has 0 aromatic heterocycles. The number of aryl methyl sites for hydroxylation is 2. The van der Waals surface area contributed by atoms with Crippen molar-refractivity contribution in [2.24, 2.45) is 10.7 Å². The van der Waals surface area contributed by atoms with Crippen molar-refractivity contribution in [3.63, 3.8) is 0 Å². The van der Waals surface area contributed by atoms with Gasteiger partial charge >= 0.3 is 0 Å². The first-order valence-electron chi connectivity index (χ1n) is 7.71. The zero-order valence-electron chi connectivity index (χ0n) is 12.8. The molecule has 0 heterocycles. The zero-order chi connectivity index (χ0) is 16.7. The Balaban J connectivity index is 1.73. The first kappa shape index (κ1) is 15.7. The number of rotatable bonds is 2. The molecule has 24 heavy (non-hydrogen) atoms. The Morgan fingerprint density at radius 1 is 1.00 bits per heavy atom. The van der Waals surface area contributed by atoms with Gasteiger partial charge in [0.1, 0.15) is 0 Å². The van der Waals surface area contributed by atoms with E-state index in [0.29, 0.717) is 5.96 Å². The van der Waals surface area contributed by atoms with Gasteiger partial charge in [0.05, 0.1) is 11.4 Å². The Morgan fingerprint density at radius 3 is 2.62 bits per heavy atom. The molecule has 1 aliphatic rings. The third-order valence-corrected chi connectivity index (χ3v) is 5.47. The van der Waals surface area contributed by atoms with E-state index in [9.17, 15) is 0 Å². The SMILES string of the molecule is NC(=Nc1ccc2c3c(cccc13)CC2)Nc1cc(Br)ccc1Br. The fourth-order valence-electron chi connectivity index (χ4n) is 3.22. The van der Waals surface area contributed by atoms with Gasteiger partial charge in [-0.05, 0) is 69.6 Å². The van der Waals surface area contributed by atoms with Crippen molar-refractivity contribution in [1.82, 2.24) is 0 Å². The number of halogens is 2. The van der Waals surface area contributed by atoms with Crippen LogP contribution in [0.15, 0.2) is 62.5 Å². The molecule has 0 fully saturated rings. The highest BCUT2D eigenvalue weighted by molar-refractivity contribution is 9.11. The lowest BCUT2D eigenvalue weighted by atomic mass is 10.0. The summed E-state index contributed by atoms with van der Waals surface area (Å²) >= 11 is 6.98. The maximum Gasteiger partial charge on any atom is 0.198 e. The van der Waals surface area contributed by atoms with Crippen molar-refractivity contribution in [3.05, 3.63) is 68.6 Å². The highest BCUT2D eigenvalue weighted by Crippen LogP contribution is 2.36. The van der Waals surface area contributed by atoms with E-state index in [1.165, 1.54) is 21.9 Å². The van der Waals surface area contributed by atoms with Crippen LogP contribution in [-0.2, 0) is 12.8 Å². The van der Waals surface area contributed by atoms with E-state index < -0.39 is 0 Å². The van der Waals surface area contributed by atoms with Crippen LogP contribution < -0.4 is 11.1 Å². The van der Waals surface area contributed by atoms with E-state index in [0.717, 1.165) is 33.2 Å². The molecule has 3 nitrogen and oxygen atoms in total. The van der Waals surface area contributed by atoms with Crippen LogP contribution in [0.25, 0.3) is 10.8 Å². The summed E-state index contributed by atoms with van der Waals surface area (Å²) in [7, 11) is 0. The van der Waals surface area contributed by atoms with Crippen molar-refractivity contribution in [2.75, 3.05) is 5.32 Å². The number of anilines is 1. The average Bonchev–Trinajstić information content (AvgIpc) is 2.98. The maximum absolute atomic E-state index is 6.14. The van der Waals surface area contributed by atoms with Crippen molar-refractivity contribution in [3.8, 4) is 0 Å². The third kappa shape index (κ3) is 2.82. The average molecular weight is 445 g/mol. The van der Waals surface area contributed by atoms with E-state index in [1.54, 1.807) is 0 Å². The Hall–Kier alpha value is -1.85. The van der Waals surface area contributed by atoms with Crippen LogP contribution in [0.1, 0.15) is 11.1 Å². The van der Waals surface area contributed by atoms with E-state index in [1.807, 2.05) is 18.2 Å². The number of guanidine groups is 1. The summed E-state index contributed by atoms with van der Waals surface area (Å²) in [5.74, 6) is 0.368. The van der Waals surface area contributed by atoms with E-state index >= 15 is 0 Å². The number of nitrogens with zero attached hydrogens (tertiary/aromatic N) is 1. The fraction of sp³-hybridized carbons (Fsp3) is 0.105. The number of benzene rings is 3. The van der Waals surface area contributed by atoms with Crippen LogP contribution in [0.5, 0.6) is 0 Å². The second kappa shape index (κ2) is 6.22. The van der Waals surface area contributed by atoms with Gasteiger partial charge in [0, 0.05) is 14.3 Å². The summed E-state index contributed by atoms with van der Waals surface area (Å²) in [4.78, 5) is 4.61. The van der Waals surface area contributed by atoms with Gasteiger partial charge in [0.25, 0.3) is 0 Å². The first-order valence-corrected chi connectivity index (χ1v) is 9.30. The lowest BCUT2D eigenvalue weighted by Gasteiger charge is -2.10. The number of hydrogen-bond donors (Lipinski definition) is 2. The quantitative estimate of drug-likeness (QED) is 0.403. The molecule has 3 aromatic rings. The van der Waals surface area contributed by atoms with Gasteiger partial charge in [-0.15, -0.1) is 0 Å². The summed E-state index contributed by atoms with van der Waals surface area (Å²) in [6, 6.07) is 16.5. The molecule has 3 N–H and O–H groups in total. The van der Waals surface area contributed by atoms with E-state index in [-0.39, 0.29) is 0 Å². The molecular weight excluding hydrogens is 430 g/mol. The second-order valence-corrected chi connectivity index (χ2v) is 7.60. The van der Waals surface area contributed by atoms with Crippen molar-refractivity contribution in [1.29, 1.82) is 0 Å². The number of aliphatic imine (C=N–C) groups is 1. The maximum atomic E-state index is 6.14. The molecule has 0 aliphatic heterocycles. The monoisotopic (exact) mass is 443 g/mol. The molecule has 5 heteroatoms. The molecular formula is C19H15Br2N3. The predicted octanol–water partition coefficient (Wildman–Crippen LogP) is 5.52.